The van der Waals surface area contributed by atoms with E-state index in [0.717, 1.165) is 6.07 Å². The Morgan fingerprint density at radius 2 is 2.00 bits per heavy atom. The van der Waals surface area contributed by atoms with E-state index in [0.29, 0.717) is 0 Å². The first-order valence-corrected chi connectivity index (χ1v) is 5.84. The lowest BCUT2D eigenvalue weighted by atomic mass is 10.3. The standard InChI is InChI=1S/C6H6BrF2N3O2S/c7-5-4(6(8)9)2(15(11,13)14)1-3(10)12-5/h1,6H,(H2,10,12)(H2,11,13,14). The fraction of sp³-hybridized carbons (Fsp3) is 0.167. The summed E-state index contributed by atoms with van der Waals surface area (Å²) in [7, 11) is -4.25. The first-order chi connectivity index (χ1) is 6.73. The predicted molar refractivity (Wildman–Crippen MR) is 52.7 cm³/mol. The first-order valence-electron chi connectivity index (χ1n) is 3.50. The van der Waals surface area contributed by atoms with Gasteiger partial charge in [0.15, 0.2) is 0 Å². The van der Waals surface area contributed by atoms with Crippen molar-refractivity contribution in [1.82, 2.24) is 4.98 Å². The molecule has 1 rings (SSSR count). The maximum absolute atomic E-state index is 12.5. The van der Waals surface area contributed by atoms with Crippen molar-refractivity contribution in [3.05, 3.63) is 16.2 Å². The van der Waals surface area contributed by atoms with E-state index in [4.69, 9.17) is 10.9 Å². The molecular formula is C6H6BrF2N3O2S. The highest BCUT2D eigenvalue weighted by Crippen LogP contribution is 2.32. The van der Waals surface area contributed by atoms with Crippen molar-refractivity contribution in [2.75, 3.05) is 5.73 Å². The summed E-state index contributed by atoms with van der Waals surface area (Å²) < 4.78 is 46.7. The minimum atomic E-state index is -4.25. The molecule has 0 spiro atoms. The topological polar surface area (TPSA) is 99.1 Å². The van der Waals surface area contributed by atoms with Crippen molar-refractivity contribution in [1.29, 1.82) is 0 Å². The van der Waals surface area contributed by atoms with E-state index < -0.39 is 26.9 Å². The average molecular weight is 302 g/mol. The summed E-state index contributed by atoms with van der Waals surface area (Å²) in [5, 5.41) is 4.77. The van der Waals surface area contributed by atoms with Crippen molar-refractivity contribution < 1.29 is 17.2 Å². The minimum absolute atomic E-state index is 0.213. The van der Waals surface area contributed by atoms with Gasteiger partial charge in [-0.25, -0.2) is 27.3 Å². The van der Waals surface area contributed by atoms with Gasteiger partial charge in [-0.15, -0.1) is 0 Å². The van der Waals surface area contributed by atoms with Gasteiger partial charge in [0.2, 0.25) is 10.0 Å². The molecule has 84 valence electrons. The Kier molecular flexibility index (Phi) is 3.26. The van der Waals surface area contributed by atoms with Crippen molar-refractivity contribution >= 4 is 31.8 Å². The number of anilines is 1. The van der Waals surface area contributed by atoms with Gasteiger partial charge in [-0.1, -0.05) is 0 Å². The smallest absolute Gasteiger partial charge is 0.267 e. The highest BCUT2D eigenvalue weighted by Gasteiger charge is 2.25. The molecule has 0 fully saturated rings. The number of pyridine rings is 1. The Balaban J connectivity index is 3.62. The summed E-state index contributed by atoms with van der Waals surface area (Å²) in [5.41, 5.74) is 4.43. The third-order valence-electron chi connectivity index (χ3n) is 1.52. The van der Waals surface area contributed by atoms with Gasteiger partial charge in [0.05, 0.1) is 10.5 Å². The van der Waals surface area contributed by atoms with Crippen LogP contribution in [0.2, 0.25) is 0 Å². The van der Waals surface area contributed by atoms with Crippen LogP contribution in [-0.4, -0.2) is 13.4 Å². The van der Waals surface area contributed by atoms with Crippen molar-refractivity contribution in [3.8, 4) is 0 Å². The number of hydrogen-bond acceptors (Lipinski definition) is 4. The van der Waals surface area contributed by atoms with Crippen molar-refractivity contribution in [2.24, 2.45) is 5.14 Å². The lowest BCUT2D eigenvalue weighted by Crippen LogP contribution is -2.16. The van der Waals surface area contributed by atoms with Crippen LogP contribution >= 0.6 is 15.9 Å². The molecule has 0 aliphatic heterocycles. The van der Waals surface area contributed by atoms with Gasteiger partial charge in [0.25, 0.3) is 6.43 Å². The highest BCUT2D eigenvalue weighted by molar-refractivity contribution is 9.10. The van der Waals surface area contributed by atoms with E-state index in [1.807, 2.05) is 0 Å². The van der Waals surface area contributed by atoms with Crippen LogP contribution in [0.5, 0.6) is 0 Å². The normalized spacial score (nSPS) is 12.1. The lowest BCUT2D eigenvalue weighted by Gasteiger charge is -2.09. The van der Waals surface area contributed by atoms with E-state index in [-0.39, 0.29) is 10.4 Å². The van der Waals surface area contributed by atoms with Gasteiger partial charge in [-0.2, -0.15) is 0 Å². The molecular weight excluding hydrogens is 296 g/mol. The zero-order chi connectivity index (χ0) is 11.8. The second kappa shape index (κ2) is 3.99. The fourth-order valence-electron chi connectivity index (χ4n) is 0.953. The lowest BCUT2D eigenvalue weighted by molar-refractivity contribution is 0.146. The van der Waals surface area contributed by atoms with Gasteiger partial charge in [0.1, 0.15) is 10.4 Å². The Labute approximate surface area is 92.7 Å². The van der Waals surface area contributed by atoms with Gasteiger partial charge in [-0.05, 0) is 15.9 Å². The molecule has 0 atom stereocenters. The SMILES string of the molecule is Nc1cc(S(N)(=O)=O)c(C(F)F)c(Br)n1. The zero-order valence-corrected chi connectivity index (χ0v) is 9.52. The molecule has 0 radical (unpaired) electrons. The Hall–Kier alpha value is -0.800. The molecule has 0 saturated carbocycles. The number of halogens is 3. The second-order valence-corrected chi connectivity index (χ2v) is 4.88. The van der Waals surface area contributed by atoms with Crippen LogP contribution in [0.3, 0.4) is 0 Å². The van der Waals surface area contributed by atoms with Gasteiger partial charge >= 0.3 is 0 Å². The number of aromatic nitrogens is 1. The van der Waals surface area contributed by atoms with Crippen LogP contribution in [0.1, 0.15) is 12.0 Å². The number of alkyl halides is 2. The number of rotatable bonds is 2. The summed E-state index contributed by atoms with van der Waals surface area (Å²) in [6, 6.07) is 0.793. The molecule has 0 aromatic carbocycles. The van der Waals surface area contributed by atoms with Gasteiger partial charge in [-0.3, -0.25) is 0 Å². The summed E-state index contributed by atoms with van der Waals surface area (Å²) in [6.07, 6.45) is -3.01. The van der Waals surface area contributed by atoms with E-state index in [1.165, 1.54) is 0 Å². The maximum Gasteiger partial charge on any atom is 0.267 e. The molecule has 1 heterocycles. The largest absolute Gasteiger partial charge is 0.384 e. The summed E-state index contributed by atoms with van der Waals surface area (Å²) in [5.74, 6) is -0.213. The number of primary sulfonamides is 1. The van der Waals surface area contributed by atoms with E-state index in [2.05, 4.69) is 20.9 Å². The monoisotopic (exact) mass is 301 g/mol. The molecule has 5 nitrogen and oxygen atoms in total. The van der Waals surface area contributed by atoms with E-state index in [1.54, 1.807) is 0 Å². The van der Waals surface area contributed by atoms with E-state index in [9.17, 15) is 17.2 Å². The quantitative estimate of drug-likeness (QED) is 0.796. The summed E-state index contributed by atoms with van der Waals surface area (Å²) >= 11 is 2.70. The van der Waals surface area contributed by atoms with Crippen LogP contribution in [0, 0.1) is 0 Å². The van der Waals surface area contributed by atoms with Crippen molar-refractivity contribution in [2.45, 2.75) is 11.3 Å². The van der Waals surface area contributed by atoms with Gasteiger partial charge in [0, 0.05) is 6.07 Å². The second-order valence-electron chi connectivity index (χ2n) is 2.60. The van der Waals surface area contributed by atoms with Crippen LogP contribution < -0.4 is 10.9 Å². The average Bonchev–Trinajstić information content (AvgIpc) is 1.99. The number of nitrogens with two attached hydrogens (primary N) is 2. The number of hydrogen-bond donors (Lipinski definition) is 2. The Bertz CT molecular complexity index is 491. The molecule has 0 aliphatic carbocycles. The Morgan fingerprint density at radius 3 is 2.40 bits per heavy atom. The zero-order valence-electron chi connectivity index (χ0n) is 7.12. The highest BCUT2D eigenvalue weighted by atomic mass is 79.9. The molecule has 0 saturated heterocycles. The summed E-state index contributed by atoms with van der Waals surface area (Å²) in [6.45, 7) is 0. The molecule has 0 aliphatic rings. The number of sulfonamides is 1. The maximum atomic E-state index is 12.5. The van der Waals surface area contributed by atoms with Crippen molar-refractivity contribution in [3.63, 3.8) is 0 Å². The predicted octanol–water partition coefficient (Wildman–Crippen LogP) is 1.01. The third-order valence-corrected chi connectivity index (χ3v) is 3.07. The molecule has 15 heavy (non-hydrogen) atoms. The molecule has 4 N–H and O–H groups in total. The molecule has 1 aromatic heterocycles. The van der Waals surface area contributed by atoms with Crippen LogP contribution in [0.15, 0.2) is 15.6 Å². The number of nitrogen functional groups attached to an aromatic ring is 1. The van der Waals surface area contributed by atoms with Crippen LogP contribution in [-0.2, 0) is 10.0 Å². The van der Waals surface area contributed by atoms with E-state index >= 15 is 0 Å². The van der Waals surface area contributed by atoms with Crippen LogP contribution in [0.25, 0.3) is 0 Å². The number of nitrogens with zero attached hydrogens (tertiary/aromatic N) is 1. The Morgan fingerprint density at radius 1 is 1.47 bits per heavy atom. The minimum Gasteiger partial charge on any atom is -0.384 e. The fourth-order valence-corrected chi connectivity index (χ4v) is 2.45. The van der Waals surface area contributed by atoms with Crippen LogP contribution in [0.4, 0.5) is 14.6 Å². The molecule has 0 unspecified atom stereocenters. The first kappa shape index (κ1) is 12.3. The molecule has 0 bridgehead atoms. The van der Waals surface area contributed by atoms with Gasteiger partial charge < -0.3 is 5.73 Å². The summed E-state index contributed by atoms with van der Waals surface area (Å²) in [4.78, 5) is 2.74. The third kappa shape index (κ3) is 2.61. The molecule has 1 aromatic rings. The molecule has 0 amide bonds. The molecule has 9 heteroatoms.